The molecule has 0 saturated carbocycles. The predicted molar refractivity (Wildman–Crippen MR) is 94.6 cm³/mol. The molecule has 0 fully saturated rings. The summed E-state index contributed by atoms with van der Waals surface area (Å²) in [5.74, 6) is -0.374. The number of fused-ring (bicyclic) bond motifs is 1. The number of rotatable bonds is 6. The smallest absolute Gasteiger partial charge is 0.256 e. The molecule has 0 radical (unpaired) electrons. The Kier molecular flexibility index (Phi) is 5.25. The van der Waals surface area contributed by atoms with Gasteiger partial charge in [0, 0.05) is 36.1 Å². The molecule has 128 valence electrons. The van der Waals surface area contributed by atoms with Gasteiger partial charge in [-0.2, -0.15) is 5.10 Å². The van der Waals surface area contributed by atoms with E-state index < -0.39 is 0 Å². The van der Waals surface area contributed by atoms with Gasteiger partial charge in [-0.15, -0.1) is 0 Å². The van der Waals surface area contributed by atoms with Crippen LogP contribution in [0.1, 0.15) is 23.2 Å². The summed E-state index contributed by atoms with van der Waals surface area (Å²) in [6.07, 6.45) is 5.63. The van der Waals surface area contributed by atoms with Crippen molar-refractivity contribution in [2.24, 2.45) is 0 Å². The number of hydrogen-bond donors (Lipinski definition) is 2. The first-order chi connectivity index (χ1) is 12.1. The zero-order valence-electron chi connectivity index (χ0n) is 13.3. The quantitative estimate of drug-likeness (QED) is 0.663. The molecule has 1 aromatic carbocycles. The third kappa shape index (κ3) is 4.33. The summed E-state index contributed by atoms with van der Waals surface area (Å²) in [7, 11) is 0. The lowest BCUT2D eigenvalue weighted by Gasteiger charge is -2.06. The molecule has 7 nitrogen and oxygen atoms in total. The molecule has 3 rings (SSSR count). The van der Waals surface area contributed by atoms with Crippen LogP contribution in [0, 0.1) is 0 Å². The molecule has 0 bridgehead atoms. The van der Waals surface area contributed by atoms with E-state index in [0.717, 1.165) is 0 Å². The number of nitrogens with zero attached hydrogens (tertiary/aromatic N) is 3. The first-order valence-electron chi connectivity index (χ1n) is 7.75. The van der Waals surface area contributed by atoms with Gasteiger partial charge in [0.25, 0.3) is 5.91 Å². The molecule has 2 aromatic heterocycles. The van der Waals surface area contributed by atoms with Crippen LogP contribution in [0.2, 0.25) is 5.02 Å². The zero-order chi connectivity index (χ0) is 17.6. The largest absolute Gasteiger partial charge is 0.352 e. The van der Waals surface area contributed by atoms with Crippen LogP contribution in [0.3, 0.4) is 0 Å². The van der Waals surface area contributed by atoms with E-state index in [0.29, 0.717) is 41.3 Å². The molecule has 0 spiro atoms. The Balaban J connectivity index is 1.44. The van der Waals surface area contributed by atoms with Crippen LogP contribution < -0.4 is 10.6 Å². The third-order valence-electron chi connectivity index (χ3n) is 3.52. The van der Waals surface area contributed by atoms with E-state index in [1.54, 1.807) is 42.7 Å². The number of aromatic nitrogens is 3. The lowest BCUT2D eigenvalue weighted by atomic mass is 10.2. The fourth-order valence-electron chi connectivity index (χ4n) is 2.29. The average Bonchev–Trinajstić information content (AvgIpc) is 3.05. The molecular weight excluding hydrogens is 342 g/mol. The van der Waals surface area contributed by atoms with Crippen molar-refractivity contribution < 1.29 is 9.59 Å². The predicted octanol–water partition coefficient (Wildman–Crippen LogP) is 2.53. The SMILES string of the molecule is O=C(CCCNC(=O)c1cnn2cccnc12)Nc1ccc(Cl)cc1. The highest BCUT2D eigenvalue weighted by molar-refractivity contribution is 6.30. The fourth-order valence-corrected chi connectivity index (χ4v) is 2.42. The minimum absolute atomic E-state index is 0.116. The topological polar surface area (TPSA) is 88.4 Å². The summed E-state index contributed by atoms with van der Waals surface area (Å²) >= 11 is 5.80. The molecule has 0 saturated heterocycles. The van der Waals surface area contributed by atoms with E-state index in [2.05, 4.69) is 20.7 Å². The normalized spacial score (nSPS) is 10.6. The summed E-state index contributed by atoms with van der Waals surface area (Å²) in [6, 6.07) is 8.63. The van der Waals surface area contributed by atoms with Crippen molar-refractivity contribution in [3.63, 3.8) is 0 Å². The Morgan fingerprint density at radius 1 is 1.20 bits per heavy atom. The van der Waals surface area contributed by atoms with E-state index in [4.69, 9.17) is 11.6 Å². The number of anilines is 1. The molecule has 25 heavy (non-hydrogen) atoms. The molecule has 2 N–H and O–H groups in total. The average molecular weight is 358 g/mol. The summed E-state index contributed by atoms with van der Waals surface area (Å²) in [5.41, 5.74) is 1.60. The van der Waals surface area contributed by atoms with Gasteiger partial charge in [-0.1, -0.05) is 11.6 Å². The summed E-state index contributed by atoms with van der Waals surface area (Å²) in [6.45, 7) is 0.386. The van der Waals surface area contributed by atoms with Crippen LogP contribution in [0.4, 0.5) is 5.69 Å². The van der Waals surface area contributed by atoms with Crippen LogP contribution in [0.25, 0.3) is 5.65 Å². The molecule has 2 heterocycles. The van der Waals surface area contributed by atoms with Gasteiger partial charge in [0.05, 0.1) is 6.20 Å². The summed E-state index contributed by atoms with van der Waals surface area (Å²) in [4.78, 5) is 28.2. The van der Waals surface area contributed by atoms with Crippen molar-refractivity contribution in [1.29, 1.82) is 0 Å². The second-order valence-corrected chi connectivity index (χ2v) is 5.80. The van der Waals surface area contributed by atoms with Crippen molar-refractivity contribution in [2.75, 3.05) is 11.9 Å². The molecule has 3 aromatic rings. The van der Waals surface area contributed by atoms with Crippen LogP contribution in [-0.4, -0.2) is 33.0 Å². The van der Waals surface area contributed by atoms with Gasteiger partial charge in [0.1, 0.15) is 5.56 Å². The van der Waals surface area contributed by atoms with E-state index in [1.807, 2.05) is 0 Å². The van der Waals surface area contributed by atoms with Crippen molar-refractivity contribution in [3.8, 4) is 0 Å². The maximum absolute atomic E-state index is 12.2. The molecule has 8 heteroatoms. The van der Waals surface area contributed by atoms with Gasteiger partial charge < -0.3 is 10.6 Å². The monoisotopic (exact) mass is 357 g/mol. The highest BCUT2D eigenvalue weighted by Crippen LogP contribution is 2.13. The van der Waals surface area contributed by atoms with E-state index in [9.17, 15) is 9.59 Å². The maximum atomic E-state index is 12.2. The second kappa shape index (κ2) is 7.76. The van der Waals surface area contributed by atoms with Gasteiger partial charge >= 0.3 is 0 Å². The summed E-state index contributed by atoms with van der Waals surface area (Å²) < 4.78 is 1.54. The third-order valence-corrected chi connectivity index (χ3v) is 3.77. The number of carbonyl (C=O) groups excluding carboxylic acids is 2. The molecule has 0 aliphatic carbocycles. The van der Waals surface area contributed by atoms with Gasteiger partial charge in [0.15, 0.2) is 5.65 Å². The van der Waals surface area contributed by atoms with Gasteiger partial charge in [-0.25, -0.2) is 9.50 Å². The van der Waals surface area contributed by atoms with Crippen LogP contribution in [0.15, 0.2) is 48.9 Å². The van der Waals surface area contributed by atoms with Gasteiger partial charge in [-0.05, 0) is 36.8 Å². The Bertz CT molecular complexity index is 891. The minimum Gasteiger partial charge on any atom is -0.352 e. The molecule has 0 atom stereocenters. The lowest BCUT2D eigenvalue weighted by molar-refractivity contribution is -0.116. The molecule has 0 aliphatic rings. The Morgan fingerprint density at radius 3 is 2.80 bits per heavy atom. The van der Waals surface area contributed by atoms with Crippen molar-refractivity contribution in [2.45, 2.75) is 12.8 Å². The summed E-state index contributed by atoms with van der Waals surface area (Å²) in [5, 5.41) is 10.2. The second-order valence-electron chi connectivity index (χ2n) is 5.36. The number of halogens is 1. The van der Waals surface area contributed by atoms with Crippen molar-refractivity contribution in [3.05, 3.63) is 59.5 Å². The van der Waals surface area contributed by atoms with Crippen LogP contribution in [-0.2, 0) is 4.79 Å². The minimum atomic E-state index is -0.258. The van der Waals surface area contributed by atoms with E-state index in [1.165, 1.54) is 10.7 Å². The number of amides is 2. The van der Waals surface area contributed by atoms with Gasteiger partial charge in [0.2, 0.25) is 5.91 Å². The Hall–Kier alpha value is -2.93. The van der Waals surface area contributed by atoms with E-state index in [-0.39, 0.29) is 11.8 Å². The molecule has 0 unspecified atom stereocenters. The van der Waals surface area contributed by atoms with Crippen LogP contribution >= 0.6 is 11.6 Å². The maximum Gasteiger partial charge on any atom is 0.256 e. The highest BCUT2D eigenvalue weighted by Gasteiger charge is 2.13. The lowest BCUT2D eigenvalue weighted by Crippen LogP contribution is -2.25. The first-order valence-corrected chi connectivity index (χ1v) is 8.13. The molecule has 2 amide bonds. The first kappa shape index (κ1) is 16.9. The molecule has 0 aliphatic heterocycles. The number of hydrogen-bond acceptors (Lipinski definition) is 4. The highest BCUT2D eigenvalue weighted by atomic mass is 35.5. The number of benzene rings is 1. The van der Waals surface area contributed by atoms with Gasteiger partial charge in [-0.3, -0.25) is 9.59 Å². The van der Waals surface area contributed by atoms with E-state index >= 15 is 0 Å². The van der Waals surface area contributed by atoms with Crippen molar-refractivity contribution in [1.82, 2.24) is 19.9 Å². The fraction of sp³-hybridized carbons (Fsp3) is 0.176. The zero-order valence-corrected chi connectivity index (χ0v) is 14.0. The Morgan fingerprint density at radius 2 is 2.00 bits per heavy atom. The van der Waals surface area contributed by atoms with Crippen molar-refractivity contribution >= 4 is 34.7 Å². The number of nitrogens with one attached hydrogen (secondary N) is 2. The Labute approximate surface area is 149 Å². The molecular formula is C17H16ClN5O2. The number of carbonyl (C=O) groups is 2. The van der Waals surface area contributed by atoms with Crippen LogP contribution in [0.5, 0.6) is 0 Å². The standard InChI is InChI=1S/C17H16ClN5O2/c18-12-4-6-13(7-5-12)22-15(24)3-1-8-20-17(25)14-11-21-23-10-2-9-19-16(14)23/h2,4-7,9-11H,1,3,8H2,(H,20,25)(H,22,24).